The van der Waals surface area contributed by atoms with Gasteiger partial charge in [0.25, 0.3) is 0 Å². The minimum absolute atomic E-state index is 0.0465. The zero-order chi connectivity index (χ0) is 20.9. The molecule has 2 saturated heterocycles. The molecular formula is C18H16F6N4O. The zero-order valence-corrected chi connectivity index (χ0v) is 14.7. The monoisotopic (exact) mass is 418 g/mol. The highest BCUT2D eigenvalue weighted by molar-refractivity contribution is 5.34. The average Bonchev–Trinajstić information content (AvgIpc) is 3.54. The molecule has 4 N–H and O–H groups in total. The lowest BCUT2D eigenvalue weighted by Gasteiger charge is -2.17. The lowest BCUT2D eigenvalue weighted by Crippen LogP contribution is -2.34. The third-order valence-electron chi connectivity index (χ3n) is 4.91. The summed E-state index contributed by atoms with van der Waals surface area (Å²) in [6.07, 6.45) is -8.93. The largest absolute Gasteiger partial charge is 0.426 e. The maximum Gasteiger partial charge on any atom is 0.426 e. The molecule has 156 valence electrons. The van der Waals surface area contributed by atoms with Crippen LogP contribution in [0.2, 0.25) is 0 Å². The molecule has 0 aromatic heterocycles. The summed E-state index contributed by atoms with van der Waals surface area (Å²) in [6.45, 7) is 0.301. The second kappa shape index (κ2) is 6.67. The molecule has 0 bridgehead atoms. The van der Waals surface area contributed by atoms with E-state index in [4.69, 9.17) is 4.74 Å². The molecule has 2 aromatic rings. The van der Waals surface area contributed by atoms with Gasteiger partial charge in [0.1, 0.15) is 0 Å². The van der Waals surface area contributed by atoms with Gasteiger partial charge in [-0.25, -0.2) is 21.7 Å². The Morgan fingerprint density at radius 1 is 0.586 bits per heavy atom. The quantitative estimate of drug-likeness (QED) is 0.427. The smallest absolute Gasteiger partial charge is 0.372 e. The van der Waals surface area contributed by atoms with E-state index in [9.17, 15) is 26.3 Å². The van der Waals surface area contributed by atoms with Crippen molar-refractivity contribution in [1.82, 2.24) is 21.7 Å². The highest BCUT2D eigenvalue weighted by Gasteiger charge is 2.66. The predicted octanol–water partition coefficient (Wildman–Crippen LogP) is 3.05. The number of benzene rings is 2. The van der Waals surface area contributed by atoms with E-state index in [1.54, 1.807) is 0 Å². The molecule has 4 rings (SSSR count). The van der Waals surface area contributed by atoms with E-state index in [0.717, 1.165) is 0 Å². The third kappa shape index (κ3) is 3.60. The molecule has 0 saturated carbocycles. The summed E-state index contributed by atoms with van der Waals surface area (Å²) in [5.74, 6) is 0. The van der Waals surface area contributed by atoms with Crippen molar-refractivity contribution in [1.29, 1.82) is 0 Å². The number of alkyl halides is 6. The summed E-state index contributed by atoms with van der Waals surface area (Å²) in [5.41, 5.74) is 5.56. The van der Waals surface area contributed by atoms with Crippen LogP contribution >= 0.6 is 0 Å². The van der Waals surface area contributed by atoms with Crippen LogP contribution in [0.3, 0.4) is 0 Å². The Kier molecular flexibility index (Phi) is 4.63. The van der Waals surface area contributed by atoms with E-state index in [2.05, 4.69) is 21.7 Å². The van der Waals surface area contributed by atoms with Crippen molar-refractivity contribution in [3.63, 3.8) is 0 Å². The highest BCUT2D eigenvalue weighted by atomic mass is 19.4. The fourth-order valence-electron chi connectivity index (χ4n) is 3.01. The Labute approximate surface area is 161 Å². The maximum atomic E-state index is 13.0. The van der Waals surface area contributed by atoms with Gasteiger partial charge in [-0.15, -0.1) is 0 Å². The van der Waals surface area contributed by atoms with Crippen molar-refractivity contribution in [2.45, 2.75) is 36.9 Å². The molecule has 0 amide bonds. The molecule has 0 spiro atoms. The third-order valence-corrected chi connectivity index (χ3v) is 4.91. The number of hydrogen-bond donors (Lipinski definition) is 4. The fourth-order valence-corrected chi connectivity index (χ4v) is 3.01. The number of nitrogens with one attached hydrogen (secondary N) is 4. The first kappa shape index (κ1) is 20.1. The van der Waals surface area contributed by atoms with Crippen LogP contribution in [0.1, 0.15) is 22.3 Å². The van der Waals surface area contributed by atoms with Crippen molar-refractivity contribution >= 4 is 0 Å². The van der Waals surface area contributed by atoms with Gasteiger partial charge in [-0.1, -0.05) is 48.5 Å². The molecule has 2 heterocycles. The standard InChI is InChI=1S/C18H16F6N4O/c19-17(20,21)15(25-26-15)13-5-1-11(2-6-13)9-29-10-12-3-7-14(8-4-12)16(27-28-16)18(22,23)24/h1-8,25-28H,9-10H2. The van der Waals surface area contributed by atoms with Gasteiger partial charge in [0.15, 0.2) is 0 Å². The van der Waals surface area contributed by atoms with Crippen LogP contribution in [0.15, 0.2) is 48.5 Å². The molecule has 2 aliphatic rings. The summed E-state index contributed by atoms with van der Waals surface area (Å²) in [4.78, 5) is 0. The van der Waals surface area contributed by atoms with E-state index in [-0.39, 0.29) is 24.3 Å². The second-order valence-corrected chi connectivity index (χ2v) is 6.88. The van der Waals surface area contributed by atoms with Crippen LogP contribution in [0, 0.1) is 0 Å². The lowest BCUT2D eigenvalue weighted by atomic mass is 10.0. The van der Waals surface area contributed by atoms with E-state index in [0.29, 0.717) is 11.1 Å². The van der Waals surface area contributed by atoms with Crippen molar-refractivity contribution < 1.29 is 31.1 Å². The number of rotatable bonds is 6. The summed E-state index contributed by atoms with van der Waals surface area (Å²) in [7, 11) is 0. The van der Waals surface area contributed by atoms with Crippen molar-refractivity contribution in [3.05, 3.63) is 70.8 Å². The Morgan fingerprint density at radius 2 is 0.897 bits per heavy atom. The predicted molar refractivity (Wildman–Crippen MR) is 89.4 cm³/mol. The van der Waals surface area contributed by atoms with Crippen LogP contribution in [0.4, 0.5) is 26.3 Å². The first-order chi connectivity index (χ1) is 13.6. The lowest BCUT2D eigenvalue weighted by molar-refractivity contribution is -0.166. The molecule has 5 nitrogen and oxygen atoms in total. The normalized spacial score (nSPS) is 19.8. The van der Waals surface area contributed by atoms with Crippen LogP contribution in [-0.4, -0.2) is 12.4 Å². The highest BCUT2D eigenvalue weighted by Crippen LogP contribution is 2.43. The van der Waals surface area contributed by atoms with Crippen LogP contribution in [0.5, 0.6) is 0 Å². The van der Waals surface area contributed by atoms with E-state index in [1.807, 2.05) is 0 Å². The van der Waals surface area contributed by atoms with Gasteiger partial charge in [-0.3, -0.25) is 0 Å². The number of hydrogen-bond acceptors (Lipinski definition) is 5. The Morgan fingerprint density at radius 3 is 1.14 bits per heavy atom. The first-order valence-electron chi connectivity index (χ1n) is 8.56. The Hall–Kier alpha value is -2.18. The van der Waals surface area contributed by atoms with Gasteiger partial charge in [-0.2, -0.15) is 26.3 Å². The van der Waals surface area contributed by atoms with Gasteiger partial charge in [0.05, 0.1) is 13.2 Å². The molecule has 29 heavy (non-hydrogen) atoms. The van der Waals surface area contributed by atoms with Crippen molar-refractivity contribution in [3.8, 4) is 0 Å². The molecule has 0 aliphatic carbocycles. The summed E-state index contributed by atoms with van der Waals surface area (Å²) in [6, 6.07) is 11.6. The summed E-state index contributed by atoms with van der Waals surface area (Å²) >= 11 is 0. The molecule has 2 aromatic carbocycles. The second-order valence-electron chi connectivity index (χ2n) is 6.88. The average molecular weight is 418 g/mol. The molecule has 0 radical (unpaired) electrons. The molecule has 0 atom stereocenters. The number of ether oxygens (including phenoxy) is 1. The summed E-state index contributed by atoms with van der Waals surface area (Å²) in [5, 5.41) is 0. The van der Waals surface area contributed by atoms with Gasteiger partial charge in [-0.05, 0) is 22.3 Å². The topological polar surface area (TPSA) is 97.0 Å². The molecule has 2 aliphatic heterocycles. The first-order valence-corrected chi connectivity index (χ1v) is 8.56. The van der Waals surface area contributed by atoms with E-state index < -0.39 is 23.7 Å². The SMILES string of the molecule is FC(F)(F)C1(c2ccc(COCc3ccc(C4(C(F)(F)F)NN4)cc3)cc2)NN1. The molecular weight excluding hydrogens is 402 g/mol. The molecule has 11 heteroatoms. The molecule has 0 unspecified atom stereocenters. The maximum absolute atomic E-state index is 13.0. The van der Waals surface area contributed by atoms with Crippen molar-refractivity contribution in [2.75, 3.05) is 0 Å². The van der Waals surface area contributed by atoms with Gasteiger partial charge in [0, 0.05) is 0 Å². The van der Waals surface area contributed by atoms with Gasteiger partial charge >= 0.3 is 12.4 Å². The van der Waals surface area contributed by atoms with Crippen LogP contribution in [0.25, 0.3) is 0 Å². The fraction of sp³-hybridized carbons (Fsp3) is 0.333. The van der Waals surface area contributed by atoms with E-state index in [1.165, 1.54) is 48.5 Å². The van der Waals surface area contributed by atoms with Crippen LogP contribution in [-0.2, 0) is 29.3 Å². The Balaban J connectivity index is 1.32. The number of hydrazine groups is 2. The zero-order valence-electron chi connectivity index (χ0n) is 14.7. The number of halogens is 6. The van der Waals surface area contributed by atoms with E-state index >= 15 is 0 Å². The van der Waals surface area contributed by atoms with Gasteiger partial charge < -0.3 is 4.74 Å². The van der Waals surface area contributed by atoms with Gasteiger partial charge in [0.2, 0.25) is 11.3 Å². The molecule has 2 fully saturated rings. The Bertz CT molecular complexity index is 798. The minimum atomic E-state index is -4.46. The van der Waals surface area contributed by atoms with Crippen LogP contribution < -0.4 is 21.7 Å². The van der Waals surface area contributed by atoms with Crippen molar-refractivity contribution in [2.24, 2.45) is 0 Å². The summed E-state index contributed by atoms with van der Waals surface area (Å²) < 4.78 is 83.7. The minimum Gasteiger partial charge on any atom is -0.372 e.